The average molecular weight is 236 g/mol. The lowest BCUT2D eigenvalue weighted by atomic mass is 10.0. The van der Waals surface area contributed by atoms with Gasteiger partial charge in [-0.15, -0.1) is 0 Å². The lowest BCUT2D eigenvalue weighted by molar-refractivity contribution is -0.138. The number of carboxylic acids is 1. The van der Waals surface area contributed by atoms with E-state index in [1.165, 1.54) is 0 Å². The van der Waals surface area contributed by atoms with Gasteiger partial charge in [0.15, 0.2) is 0 Å². The number of rotatable bonds is 4. The van der Waals surface area contributed by atoms with E-state index in [-0.39, 0.29) is 5.92 Å². The molecule has 0 aliphatic heterocycles. The Labute approximate surface area is 102 Å². The van der Waals surface area contributed by atoms with E-state index >= 15 is 0 Å². The quantitative estimate of drug-likeness (QED) is 0.702. The van der Waals surface area contributed by atoms with Crippen LogP contribution in [-0.2, 0) is 4.79 Å². The third kappa shape index (κ3) is 3.12. The van der Waals surface area contributed by atoms with Gasteiger partial charge in [0, 0.05) is 11.4 Å². The van der Waals surface area contributed by atoms with Crippen LogP contribution in [0.3, 0.4) is 0 Å². The van der Waals surface area contributed by atoms with Gasteiger partial charge in [-0.2, -0.15) is 0 Å². The van der Waals surface area contributed by atoms with Crippen molar-refractivity contribution in [2.24, 2.45) is 5.92 Å². The van der Waals surface area contributed by atoms with Gasteiger partial charge in [0.05, 0.1) is 0 Å². The van der Waals surface area contributed by atoms with Crippen molar-refractivity contribution in [2.45, 2.75) is 33.7 Å². The summed E-state index contributed by atoms with van der Waals surface area (Å²) in [6.45, 7) is 7.61. The molecule has 4 heteroatoms. The summed E-state index contributed by atoms with van der Waals surface area (Å²) in [6.07, 6.45) is 0. The van der Waals surface area contributed by atoms with Crippen molar-refractivity contribution in [3.8, 4) is 0 Å². The van der Waals surface area contributed by atoms with Crippen LogP contribution in [0.2, 0.25) is 0 Å². The first-order chi connectivity index (χ1) is 7.82. The Morgan fingerprint density at radius 1 is 1.29 bits per heavy atom. The number of nitrogens with one attached hydrogen (secondary N) is 1. The molecule has 0 saturated carbocycles. The Morgan fingerprint density at radius 3 is 2.12 bits per heavy atom. The van der Waals surface area contributed by atoms with Gasteiger partial charge in [-0.3, -0.25) is 0 Å². The van der Waals surface area contributed by atoms with Gasteiger partial charge in [0.2, 0.25) is 0 Å². The molecule has 0 spiro atoms. The van der Waals surface area contributed by atoms with Gasteiger partial charge in [0.25, 0.3) is 0 Å². The largest absolute Gasteiger partial charge is 0.480 e. The predicted octanol–water partition coefficient (Wildman–Crippen LogP) is 2.41. The second-order valence-corrected chi connectivity index (χ2v) is 4.73. The van der Waals surface area contributed by atoms with Crippen LogP contribution in [0.1, 0.15) is 25.0 Å². The molecule has 1 unspecified atom stereocenters. The van der Waals surface area contributed by atoms with Crippen molar-refractivity contribution in [1.82, 2.24) is 0 Å². The topological polar surface area (TPSA) is 75.3 Å². The summed E-state index contributed by atoms with van der Waals surface area (Å²) < 4.78 is 0. The molecular weight excluding hydrogens is 216 g/mol. The average Bonchev–Trinajstić information content (AvgIpc) is 2.14. The van der Waals surface area contributed by atoms with Crippen LogP contribution in [-0.4, -0.2) is 17.1 Å². The van der Waals surface area contributed by atoms with Gasteiger partial charge in [-0.25, -0.2) is 4.79 Å². The van der Waals surface area contributed by atoms with Crippen LogP contribution in [0, 0.1) is 19.8 Å². The number of carbonyl (C=O) groups is 1. The lowest BCUT2D eigenvalue weighted by Crippen LogP contribution is -2.34. The van der Waals surface area contributed by atoms with Crippen molar-refractivity contribution in [2.75, 3.05) is 11.1 Å². The third-order valence-corrected chi connectivity index (χ3v) is 2.79. The van der Waals surface area contributed by atoms with Gasteiger partial charge in [0.1, 0.15) is 6.04 Å². The smallest absolute Gasteiger partial charge is 0.326 e. The fourth-order valence-electron chi connectivity index (χ4n) is 1.89. The number of nitrogens with two attached hydrogens (primary N) is 1. The van der Waals surface area contributed by atoms with Gasteiger partial charge in [-0.1, -0.05) is 13.8 Å². The van der Waals surface area contributed by atoms with Crippen molar-refractivity contribution < 1.29 is 9.90 Å². The van der Waals surface area contributed by atoms with E-state index in [0.717, 1.165) is 16.8 Å². The van der Waals surface area contributed by atoms with Gasteiger partial charge < -0.3 is 16.2 Å². The van der Waals surface area contributed by atoms with E-state index in [1.807, 2.05) is 39.8 Å². The molecule has 0 bridgehead atoms. The standard InChI is InChI=1S/C13H20N2O2/c1-7(2)11(13(16)17)15-12-8(3)5-10(14)6-9(12)4/h5-7,11,15H,14H2,1-4H3,(H,16,17). The molecule has 4 N–H and O–H groups in total. The molecule has 0 aliphatic rings. The molecule has 94 valence electrons. The fourth-order valence-corrected chi connectivity index (χ4v) is 1.89. The highest BCUT2D eigenvalue weighted by Crippen LogP contribution is 2.25. The molecule has 0 heterocycles. The van der Waals surface area contributed by atoms with E-state index < -0.39 is 12.0 Å². The van der Waals surface area contributed by atoms with Crippen molar-refractivity contribution in [1.29, 1.82) is 0 Å². The fraction of sp³-hybridized carbons (Fsp3) is 0.462. The normalized spacial score (nSPS) is 12.5. The second kappa shape index (κ2) is 5.08. The molecular formula is C13H20N2O2. The number of hydrogen-bond acceptors (Lipinski definition) is 3. The SMILES string of the molecule is Cc1cc(N)cc(C)c1NC(C(=O)O)C(C)C. The molecule has 1 atom stereocenters. The van der Waals surface area contributed by atoms with E-state index in [0.29, 0.717) is 5.69 Å². The van der Waals surface area contributed by atoms with E-state index in [4.69, 9.17) is 10.8 Å². The van der Waals surface area contributed by atoms with Crippen LogP contribution in [0.25, 0.3) is 0 Å². The van der Waals surface area contributed by atoms with E-state index in [2.05, 4.69) is 5.32 Å². The lowest BCUT2D eigenvalue weighted by Gasteiger charge is -2.22. The van der Waals surface area contributed by atoms with Gasteiger partial charge in [-0.05, 0) is 43.0 Å². The first kappa shape index (κ1) is 13.4. The summed E-state index contributed by atoms with van der Waals surface area (Å²) in [5.41, 5.74) is 9.23. The van der Waals surface area contributed by atoms with Crippen LogP contribution in [0.5, 0.6) is 0 Å². The molecule has 0 fully saturated rings. The second-order valence-electron chi connectivity index (χ2n) is 4.73. The first-order valence-electron chi connectivity index (χ1n) is 5.69. The van der Waals surface area contributed by atoms with Crippen molar-refractivity contribution >= 4 is 17.3 Å². The number of hydrogen-bond donors (Lipinski definition) is 3. The molecule has 0 amide bonds. The molecule has 0 radical (unpaired) electrons. The highest BCUT2D eigenvalue weighted by atomic mass is 16.4. The molecule has 1 rings (SSSR count). The van der Waals surface area contributed by atoms with Crippen LogP contribution in [0.15, 0.2) is 12.1 Å². The monoisotopic (exact) mass is 236 g/mol. The summed E-state index contributed by atoms with van der Waals surface area (Å²) in [5.74, 6) is -0.820. The Hall–Kier alpha value is -1.71. The zero-order chi connectivity index (χ0) is 13.2. The third-order valence-electron chi connectivity index (χ3n) is 2.79. The number of aliphatic carboxylic acids is 1. The Balaban J connectivity index is 3.05. The molecule has 1 aromatic rings. The summed E-state index contributed by atoms with van der Waals surface area (Å²) >= 11 is 0. The van der Waals surface area contributed by atoms with Crippen molar-refractivity contribution in [3.05, 3.63) is 23.3 Å². The maximum atomic E-state index is 11.1. The van der Waals surface area contributed by atoms with Crippen LogP contribution in [0.4, 0.5) is 11.4 Å². The zero-order valence-corrected chi connectivity index (χ0v) is 10.7. The summed E-state index contributed by atoms with van der Waals surface area (Å²) in [7, 11) is 0. The molecule has 4 nitrogen and oxygen atoms in total. The predicted molar refractivity (Wildman–Crippen MR) is 70.2 cm³/mol. The van der Waals surface area contributed by atoms with Crippen LogP contribution >= 0.6 is 0 Å². The van der Waals surface area contributed by atoms with E-state index in [1.54, 1.807) is 0 Å². The van der Waals surface area contributed by atoms with Crippen LogP contribution < -0.4 is 11.1 Å². The minimum absolute atomic E-state index is 0.0175. The molecule has 0 saturated heterocycles. The van der Waals surface area contributed by atoms with Gasteiger partial charge >= 0.3 is 5.97 Å². The van der Waals surface area contributed by atoms with E-state index in [9.17, 15) is 4.79 Å². The minimum Gasteiger partial charge on any atom is -0.480 e. The Kier molecular flexibility index (Phi) is 3.99. The summed E-state index contributed by atoms with van der Waals surface area (Å²) in [4.78, 5) is 11.1. The maximum absolute atomic E-state index is 11.1. The number of nitrogen functional groups attached to an aromatic ring is 1. The molecule has 0 aliphatic carbocycles. The van der Waals surface area contributed by atoms with Crippen molar-refractivity contribution in [3.63, 3.8) is 0 Å². The molecule has 17 heavy (non-hydrogen) atoms. The number of benzene rings is 1. The highest BCUT2D eigenvalue weighted by Gasteiger charge is 2.22. The molecule has 1 aromatic carbocycles. The summed E-state index contributed by atoms with van der Waals surface area (Å²) in [6, 6.07) is 3.10. The summed E-state index contributed by atoms with van der Waals surface area (Å²) in [5, 5.41) is 12.2. The Bertz CT molecular complexity index is 404. The maximum Gasteiger partial charge on any atom is 0.326 e. The number of carboxylic acid groups (broad SMARTS) is 1. The number of anilines is 2. The first-order valence-corrected chi connectivity index (χ1v) is 5.69. The Morgan fingerprint density at radius 2 is 1.76 bits per heavy atom. The molecule has 0 aromatic heterocycles. The zero-order valence-electron chi connectivity index (χ0n) is 10.7. The number of aryl methyl sites for hydroxylation is 2. The minimum atomic E-state index is -0.837. The highest BCUT2D eigenvalue weighted by molar-refractivity contribution is 5.79.